The van der Waals surface area contributed by atoms with Crippen LogP contribution in [-0.4, -0.2) is 46.7 Å². The van der Waals surface area contributed by atoms with Gasteiger partial charge in [0, 0.05) is 24.7 Å². The highest BCUT2D eigenvalue weighted by Gasteiger charge is 2.23. The minimum absolute atomic E-state index is 0.130. The molecule has 0 radical (unpaired) electrons. The van der Waals surface area contributed by atoms with Gasteiger partial charge in [0.05, 0.1) is 13.7 Å². The van der Waals surface area contributed by atoms with Crippen molar-refractivity contribution in [1.29, 1.82) is 0 Å². The number of hydrogen-bond donors (Lipinski definition) is 2. The number of hydrogen-bond acceptors (Lipinski definition) is 7. The van der Waals surface area contributed by atoms with Crippen molar-refractivity contribution in [2.75, 3.05) is 30.9 Å². The first-order chi connectivity index (χ1) is 16.6. The molecule has 2 N–H and O–H groups in total. The van der Waals surface area contributed by atoms with E-state index in [9.17, 15) is 9.18 Å². The molecule has 0 aliphatic carbocycles. The van der Waals surface area contributed by atoms with E-state index in [2.05, 4.69) is 31.4 Å². The first kappa shape index (κ1) is 24.5. The lowest BCUT2D eigenvalue weighted by Crippen LogP contribution is -2.34. The molecule has 0 saturated heterocycles. The molecule has 0 unspecified atom stereocenters. The second-order valence-electron chi connectivity index (χ2n) is 9.25. The number of nitrogens with zero attached hydrogens (tertiary/aromatic N) is 4. The van der Waals surface area contributed by atoms with Crippen molar-refractivity contribution in [3.63, 3.8) is 0 Å². The summed E-state index contributed by atoms with van der Waals surface area (Å²) in [5.41, 5.74) is 2.37. The Kier molecular flexibility index (Phi) is 6.93. The molecule has 0 spiro atoms. The van der Waals surface area contributed by atoms with Gasteiger partial charge in [-0.15, -0.1) is 5.10 Å². The highest BCUT2D eigenvalue weighted by molar-refractivity contribution is 7.20. The van der Waals surface area contributed by atoms with Gasteiger partial charge in [-0.2, -0.15) is 4.52 Å². The molecule has 0 aliphatic heterocycles. The summed E-state index contributed by atoms with van der Waals surface area (Å²) in [6.07, 6.45) is 0. The first-order valence-corrected chi connectivity index (χ1v) is 12.0. The van der Waals surface area contributed by atoms with Crippen molar-refractivity contribution in [3.8, 4) is 17.0 Å². The minimum Gasteiger partial charge on any atom is -0.497 e. The number of carbonyl (C=O) groups excluding carboxylic acids is 1. The summed E-state index contributed by atoms with van der Waals surface area (Å²) in [6, 6.07) is 13.8. The molecule has 2 aromatic heterocycles. The molecule has 2 heterocycles. The first-order valence-electron chi connectivity index (χ1n) is 11.2. The third-order valence-electron chi connectivity index (χ3n) is 5.16. The van der Waals surface area contributed by atoms with Crippen molar-refractivity contribution < 1.29 is 13.9 Å². The van der Waals surface area contributed by atoms with Crippen LogP contribution in [0, 0.1) is 5.82 Å². The number of halogens is 1. The fourth-order valence-electron chi connectivity index (χ4n) is 3.45. The standard InChI is InChI=1S/C25H29FN6O2S/c1-25(2,3)29-22-21(17-8-12-19(34-5)13-9-17)28-23-32(22)30-24(35-23)31(4)15-20(33)27-14-16-6-10-18(26)11-7-16/h6-13,29H,14-15H2,1-5H3,(H,27,33). The van der Waals surface area contributed by atoms with Gasteiger partial charge in [0.2, 0.25) is 16.0 Å². The summed E-state index contributed by atoms with van der Waals surface area (Å²) in [6.45, 7) is 6.70. The van der Waals surface area contributed by atoms with E-state index >= 15 is 0 Å². The predicted molar refractivity (Wildman–Crippen MR) is 138 cm³/mol. The number of aromatic nitrogens is 3. The Hall–Kier alpha value is -3.66. The van der Waals surface area contributed by atoms with Crippen molar-refractivity contribution in [2.45, 2.75) is 32.9 Å². The van der Waals surface area contributed by atoms with Gasteiger partial charge in [0.1, 0.15) is 17.3 Å². The van der Waals surface area contributed by atoms with Crippen LogP contribution in [0.5, 0.6) is 5.75 Å². The van der Waals surface area contributed by atoms with Crippen LogP contribution < -0.4 is 20.3 Å². The van der Waals surface area contributed by atoms with Crippen molar-refractivity contribution in [1.82, 2.24) is 19.9 Å². The van der Waals surface area contributed by atoms with E-state index in [1.165, 1.54) is 23.5 Å². The maximum Gasteiger partial charge on any atom is 0.239 e. The molecule has 4 rings (SSSR count). The summed E-state index contributed by atoms with van der Waals surface area (Å²) in [5, 5.41) is 11.8. The van der Waals surface area contributed by atoms with Gasteiger partial charge in [0.25, 0.3) is 0 Å². The van der Waals surface area contributed by atoms with E-state index in [1.54, 1.807) is 28.7 Å². The van der Waals surface area contributed by atoms with Crippen LogP contribution in [0.2, 0.25) is 0 Å². The molecule has 0 aliphatic rings. The van der Waals surface area contributed by atoms with Gasteiger partial charge in [-0.25, -0.2) is 9.37 Å². The average Bonchev–Trinajstić information content (AvgIpc) is 3.37. The highest BCUT2D eigenvalue weighted by atomic mass is 32.1. The number of anilines is 2. The zero-order chi connectivity index (χ0) is 25.2. The lowest BCUT2D eigenvalue weighted by Gasteiger charge is -2.22. The van der Waals surface area contributed by atoms with Gasteiger partial charge < -0.3 is 20.3 Å². The van der Waals surface area contributed by atoms with Crippen LogP contribution in [0.1, 0.15) is 26.3 Å². The Morgan fingerprint density at radius 2 is 1.83 bits per heavy atom. The molecule has 0 atom stereocenters. The largest absolute Gasteiger partial charge is 0.497 e. The topological polar surface area (TPSA) is 83.8 Å². The smallest absolute Gasteiger partial charge is 0.239 e. The Morgan fingerprint density at radius 1 is 1.14 bits per heavy atom. The number of fused-ring (bicyclic) bond motifs is 1. The van der Waals surface area contributed by atoms with Gasteiger partial charge in [-0.3, -0.25) is 4.79 Å². The van der Waals surface area contributed by atoms with Crippen molar-refractivity contribution in [2.24, 2.45) is 0 Å². The lowest BCUT2D eigenvalue weighted by molar-refractivity contribution is -0.119. The highest BCUT2D eigenvalue weighted by Crippen LogP contribution is 2.35. The summed E-state index contributed by atoms with van der Waals surface area (Å²) in [7, 11) is 3.45. The summed E-state index contributed by atoms with van der Waals surface area (Å²) in [5.74, 6) is 1.11. The van der Waals surface area contributed by atoms with E-state index in [0.29, 0.717) is 11.7 Å². The van der Waals surface area contributed by atoms with Crippen LogP contribution in [0.15, 0.2) is 48.5 Å². The van der Waals surface area contributed by atoms with Crippen molar-refractivity contribution in [3.05, 3.63) is 59.9 Å². The third kappa shape index (κ3) is 5.89. The molecule has 1 amide bonds. The van der Waals surface area contributed by atoms with E-state index < -0.39 is 0 Å². The fourth-order valence-corrected chi connectivity index (χ4v) is 4.31. The molecular weight excluding hydrogens is 467 g/mol. The summed E-state index contributed by atoms with van der Waals surface area (Å²) >= 11 is 1.41. The number of ether oxygens (including phenoxy) is 1. The van der Waals surface area contributed by atoms with Crippen LogP contribution >= 0.6 is 11.3 Å². The summed E-state index contributed by atoms with van der Waals surface area (Å²) in [4.78, 5) is 19.8. The van der Waals surface area contributed by atoms with Crippen LogP contribution in [0.25, 0.3) is 16.2 Å². The number of imidazole rings is 1. The molecular formula is C25H29FN6O2S. The van der Waals surface area contributed by atoms with E-state index in [-0.39, 0.29) is 23.8 Å². The number of benzene rings is 2. The van der Waals surface area contributed by atoms with Crippen LogP contribution in [-0.2, 0) is 11.3 Å². The molecule has 0 bridgehead atoms. The predicted octanol–water partition coefficient (Wildman–Crippen LogP) is 4.57. The monoisotopic (exact) mass is 496 g/mol. The quantitative estimate of drug-likeness (QED) is 0.372. The zero-order valence-corrected chi connectivity index (χ0v) is 21.2. The minimum atomic E-state index is -0.302. The molecule has 0 fully saturated rings. The molecule has 184 valence electrons. The Morgan fingerprint density at radius 3 is 2.46 bits per heavy atom. The normalized spacial score (nSPS) is 11.5. The molecule has 0 saturated carbocycles. The molecule has 8 nitrogen and oxygen atoms in total. The number of rotatable bonds is 8. The van der Waals surface area contributed by atoms with Gasteiger partial charge in [-0.1, -0.05) is 23.5 Å². The maximum atomic E-state index is 13.1. The number of nitrogens with one attached hydrogen (secondary N) is 2. The maximum absolute atomic E-state index is 13.1. The van der Waals surface area contributed by atoms with E-state index in [4.69, 9.17) is 14.8 Å². The average molecular weight is 497 g/mol. The number of methoxy groups -OCH3 is 1. The van der Waals surface area contributed by atoms with Crippen molar-refractivity contribution >= 4 is 33.2 Å². The summed E-state index contributed by atoms with van der Waals surface area (Å²) < 4.78 is 20.1. The fraction of sp³-hybridized carbons (Fsp3) is 0.320. The van der Waals surface area contributed by atoms with Gasteiger partial charge >= 0.3 is 0 Å². The Bertz CT molecular complexity index is 1310. The molecule has 4 aromatic rings. The molecule has 2 aromatic carbocycles. The van der Waals surface area contributed by atoms with E-state index in [0.717, 1.165) is 33.3 Å². The molecule has 10 heteroatoms. The zero-order valence-electron chi connectivity index (χ0n) is 20.4. The lowest BCUT2D eigenvalue weighted by atomic mass is 10.1. The van der Waals surface area contributed by atoms with E-state index in [1.807, 2.05) is 31.3 Å². The second kappa shape index (κ2) is 9.91. The number of carbonyl (C=O) groups is 1. The van der Waals surface area contributed by atoms with Gasteiger partial charge in [-0.05, 0) is 62.7 Å². The Balaban J connectivity index is 1.53. The Labute approximate surface area is 207 Å². The SMILES string of the molecule is COc1ccc(-c2nc3sc(N(C)CC(=O)NCc4ccc(F)cc4)nn3c2NC(C)(C)C)cc1. The van der Waals surface area contributed by atoms with Gasteiger partial charge in [0.15, 0.2) is 5.82 Å². The number of likely N-dealkylation sites (N-methyl/N-ethyl adjacent to an activating group) is 1. The van der Waals surface area contributed by atoms with Crippen LogP contribution in [0.4, 0.5) is 15.3 Å². The molecule has 35 heavy (non-hydrogen) atoms. The number of amides is 1. The third-order valence-corrected chi connectivity index (χ3v) is 6.18. The van der Waals surface area contributed by atoms with Crippen LogP contribution in [0.3, 0.4) is 0 Å². The second-order valence-corrected chi connectivity index (χ2v) is 10.2.